The Morgan fingerprint density at radius 1 is 1.17 bits per heavy atom. The molecule has 18 heavy (non-hydrogen) atoms. The third-order valence-corrected chi connectivity index (χ3v) is 4.97. The second kappa shape index (κ2) is 6.36. The Kier molecular flexibility index (Phi) is 5.05. The van der Waals surface area contributed by atoms with Crippen LogP contribution in [0.5, 0.6) is 0 Å². The molecule has 0 amide bonds. The van der Waals surface area contributed by atoms with Gasteiger partial charge in [0.25, 0.3) is 0 Å². The number of likely N-dealkylation sites (tertiary alicyclic amines) is 1. The van der Waals surface area contributed by atoms with Crippen molar-refractivity contribution in [3.05, 3.63) is 0 Å². The van der Waals surface area contributed by atoms with E-state index >= 15 is 0 Å². The molecule has 0 radical (unpaired) electrons. The van der Waals surface area contributed by atoms with Crippen LogP contribution < -0.4 is 0 Å². The van der Waals surface area contributed by atoms with Gasteiger partial charge in [-0.15, -0.1) is 0 Å². The van der Waals surface area contributed by atoms with Crippen LogP contribution in [0.3, 0.4) is 0 Å². The van der Waals surface area contributed by atoms with E-state index in [-0.39, 0.29) is 6.10 Å². The van der Waals surface area contributed by atoms with E-state index in [9.17, 15) is 5.11 Å². The summed E-state index contributed by atoms with van der Waals surface area (Å²) in [6, 6.07) is 0.591. The zero-order valence-corrected chi connectivity index (χ0v) is 12.1. The molecule has 1 saturated heterocycles. The third-order valence-electron chi connectivity index (χ3n) is 4.97. The molecule has 0 bridgehead atoms. The lowest BCUT2D eigenvalue weighted by atomic mass is 9.79. The van der Waals surface area contributed by atoms with Crippen LogP contribution in [0.2, 0.25) is 0 Å². The molecular weight excluding hydrogens is 226 g/mol. The number of hydrogen-bond donors (Lipinski definition) is 1. The lowest BCUT2D eigenvalue weighted by Crippen LogP contribution is -2.47. The third kappa shape index (κ3) is 3.46. The summed E-state index contributed by atoms with van der Waals surface area (Å²) in [5.74, 6) is 1.26. The van der Waals surface area contributed by atoms with Gasteiger partial charge >= 0.3 is 0 Å². The molecular formula is C15H29NO2. The lowest BCUT2D eigenvalue weighted by Gasteiger charge is -2.41. The molecule has 1 aliphatic carbocycles. The molecule has 1 N–H and O–H groups in total. The minimum absolute atomic E-state index is 0.0754. The van der Waals surface area contributed by atoms with Gasteiger partial charge < -0.3 is 14.7 Å². The Morgan fingerprint density at radius 3 is 2.61 bits per heavy atom. The van der Waals surface area contributed by atoms with Gasteiger partial charge in [-0.05, 0) is 50.9 Å². The molecule has 0 aromatic carbocycles. The maximum Gasteiger partial charge on any atom is 0.0598 e. The minimum atomic E-state index is -0.0754. The first-order chi connectivity index (χ1) is 8.60. The van der Waals surface area contributed by atoms with Gasteiger partial charge in [-0.25, -0.2) is 0 Å². The van der Waals surface area contributed by atoms with E-state index in [0.717, 1.165) is 38.3 Å². The summed E-state index contributed by atoms with van der Waals surface area (Å²) in [5.41, 5.74) is 0. The van der Waals surface area contributed by atoms with Gasteiger partial charge in [-0.2, -0.15) is 0 Å². The largest absolute Gasteiger partial charge is 0.393 e. The van der Waals surface area contributed by atoms with E-state index in [2.05, 4.69) is 18.7 Å². The number of nitrogens with zero attached hydrogens (tertiary/aromatic N) is 1. The quantitative estimate of drug-likeness (QED) is 0.840. The van der Waals surface area contributed by atoms with Gasteiger partial charge in [0.1, 0.15) is 0 Å². The molecule has 2 fully saturated rings. The highest BCUT2D eigenvalue weighted by Crippen LogP contribution is 2.31. The first-order valence-corrected chi connectivity index (χ1v) is 7.55. The number of hydrogen-bond acceptors (Lipinski definition) is 3. The van der Waals surface area contributed by atoms with Crippen molar-refractivity contribution in [2.75, 3.05) is 20.2 Å². The molecule has 0 aromatic rings. The van der Waals surface area contributed by atoms with E-state index in [1.54, 1.807) is 0 Å². The van der Waals surface area contributed by atoms with Crippen LogP contribution in [0.15, 0.2) is 0 Å². The molecule has 0 aromatic heterocycles. The Morgan fingerprint density at radius 2 is 1.94 bits per heavy atom. The molecule has 2 rings (SSSR count). The highest BCUT2D eigenvalue weighted by atomic mass is 16.5. The van der Waals surface area contributed by atoms with E-state index in [1.807, 2.05) is 7.11 Å². The van der Waals surface area contributed by atoms with Crippen molar-refractivity contribution in [3.63, 3.8) is 0 Å². The molecule has 1 heterocycles. The highest BCUT2D eigenvalue weighted by Gasteiger charge is 2.32. The van der Waals surface area contributed by atoms with Crippen molar-refractivity contribution in [2.45, 2.75) is 64.2 Å². The maximum atomic E-state index is 10.2. The first-order valence-electron chi connectivity index (χ1n) is 7.55. The standard InChI is InChI=1S/C15H29NO2/c1-11-4-5-15(17)13(8-11)10-16-7-6-14(18-3)9-12(16)2/h11-15,17H,4-10H2,1-3H3. The van der Waals surface area contributed by atoms with E-state index < -0.39 is 0 Å². The average Bonchev–Trinajstić information content (AvgIpc) is 2.36. The van der Waals surface area contributed by atoms with Crippen molar-refractivity contribution in [1.29, 1.82) is 0 Å². The maximum absolute atomic E-state index is 10.2. The smallest absolute Gasteiger partial charge is 0.0598 e. The number of aliphatic hydroxyl groups excluding tert-OH is 1. The Balaban J connectivity index is 1.85. The van der Waals surface area contributed by atoms with Gasteiger partial charge in [-0.1, -0.05) is 6.92 Å². The summed E-state index contributed by atoms with van der Waals surface area (Å²) in [4.78, 5) is 2.56. The fraction of sp³-hybridized carbons (Fsp3) is 1.00. The first kappa shape index (κ1) is 14.3. The van der Waals surface area contributed by atoms with E-state index in [4.69, 9.17) is 4.74 Å². The number of aliphatic hydroxyl groups is 1. The van der Waals surface area contributed by atoms with Crippen LogP contribution in [0.1, 0.15) is 46.0 Å². The summed E-state index contributed by atoms with van der Waals surface area (Å²) < 4.78 is 5.46. The Labute approximate surface area is 112 Å². The number of methoxy groups -OCH3 is 1. The van der Waals surface area contributed by atoms with Crippen molar-refractivity contribution in [3.8, 4) is 0 Å². The predicted octanol–water partition coefficient (Wildman–Crippen LogP) is 2.28. The van der Waals surface area contributed by atoms with Crippen molar-refractivity contribution >= 4 is 0 Å². The van der Waals surface area contributed by atoms with Gasteiger partial charge in [0.15, 0.2) is 0 Å². The minimum Gasteiger partial charge on any atom is -0.393 e. The van der Waals surface area contributed by atoms with Gasteiger partial charge in [0.2, 0.25) is 0 Å². The van der Waals surface area contributed by atoms with Crippen molar-refractivity contribution < 1.29 is 9.84 Å². The van der Waals surface area contributed by atoms with Gasteiger partial charge in [0, 0.05) is 26.2 Å². The Hall–Kier alpha value is -0.120. The molecule has 5 unspecified atom stereocenters. The normalized spacial score (nSPS) is 43.0. The zero-order valence-electron chi connectivity index (χ0n) is 12.1. The fourth-order valence-corrected chi connectivity index (χ4v) is 3.64. The lowest BCUT2D eigenvalue weighted by molar-refractivity contribution is -0.0160. The molecule has 3 heteroatoms. The molecule has 5 atom stereocenters. The van der Waals surface area contributed by atoms with Crippen LogP contribution in [0.4, 0.5) is 0 Å². The average molecular weight is 255 g/mol. The summed E-state index contributed by atoms with van der Waals surface area (Å²) in [6.07, 6.45) is 6.01. The fourth-order valence-electron chi connectivity index (χ4n) is 3.64. The van der Waals surface area contributed by atoms with Crippen LogP contribution >= 0.6 is 0 Å². The second-order valence-electron chi connectivity index (χ2n) is 6.47. The van der Waals surface area contributed by atoms with Crippen LogP contribution in [-0.2, 0) is 4.74 Å². The van der Waals surface area contributed by atoms with E-state index in [1.165, 1.54) is 12.8 Å². The summed E-state index contributed by atoms with van der Waals surface area (Å²) in [6.45, 7) is 6.81. The summed E-state index contributed by atoms with van der Waals surface area (Å²) in [7, 11) is 1.82. The van der Waals surface area contributed by atoms with Crippen molar-refractivity contribution in [2.24, 2.45) is 11.8 Å². The number of piperidine rings is 1. The SMILES string of the molecule is COC1CCN(CC2CC(C)CCC2O)C(C)C1. The van der Waals surface area contributed by atoms with Crippen molar-refractivity contribution in [1.82, 2.24) is 4.90 Å². The topological polar surface area (TPSA) is 32.7 Å². The molecule has 106 valence electrons. The highest BCUT2D eigenvalue weighted by molar-refractivity contribution is 4.85. The molecule has 1 aliphatic heterocycles. The van der Waals surface area contributed by atoms with Crippen LogP contribution in [0.25, 0.3) is 0 Å². The Bertz CT molecular complexity index is 259. The molecule has 0 spiro atoms. The predicted molar refractivity (Wildman–Crippen MR) is 73.6 cm³/mol. The summed E-state index contributed by atoms with van der Waals surface area (Å²) in [5, 5.41) is 10.2. The van der Waals surface area contributed by atoms with E-state index in [0.29, 0.717) is 18.1 Å². The van der Waals surface area contributed by atoms with Crippen LogP contribution in [-0.4, -0.2) is 48.5 Å². The zero-order chi connectivity index (χ0) is 13.1. The van der Waals surface area contributed by atoms with Gasteiger partial charge in [0.05, 0.1) is 12.2 Å². The number of rotatable bonds is 3. The molecule has 2 aliphatic rings. The molecule has 1 saturated carbocycles. The summed E-state index contributed by atoms with van der Waals surface area (Å²) >= 11 is 0. The van der Waals surface area contributed by atoms with Crippen LogP contribution in [0, 0.1) is 11.8 Å². The monoisotopic (exact) mass is 255 g/mol. The number of ether oxygens (including phenoxy) is 1. The molecule has 3 nitrogen and oxygen atoms in total. The van der Waals surface area contributed by atoms with Gasteiger partial charge in [-0.3, -0.25) is 0 Å². The second-order valence-corrected chi connectivity index (χ2v) is 6.47.